The highest BCUT2D eigenvalue weighted by atomic mass is 19.4. The number of carbonyl (C=O) groups is 1. The fraction of sp³-hybridized carbons (Fsp3) is 0.938. The van der Waals surface area contributed by atoms with Crippen molar-refractivity contribution in [2.24, 2.45) is 5.73 Å². The normalized spacial score (nSPS) is 22.6. The van der Waals surface area contributed by atoms with Crippen LogP contribution in [0.5, 0.6) is 0 Å². The monoisotopic (exact) mass is 351 g/mol. The van der Waals surface area contributed by atoms with E-state index >= 15 is 0 Å². The fourth-order valence-electron chi connectivity index (χ4n) is 3.46. The van der Waals surface area contributed by atoms with Gasteiger partial charge in [0.25, 0.3) is 0 Å². The molecule has 5 nitrogen and oxygen atoms in total. The van der Waals surface area contributed by atoms with E-state index in [1.165, 1.54) is 0 Å². The van der Waals surface area contributed by atoms with Crippen molar-refractivity contribution in [3.63, 3.8) is 0 Å². The van der Waals surface area contributed by atoms with Gasteiger partial charge in [0, 0.05) is 39.3 Å². The molecule has 0 spiro atoms. The van der Waals surface area contributed by atoms with Gasteiger partial charge in [-0.1, -0.05) is 19.3 Å². The second kappa shape index (κ2) is 8.49. The average Bonchev–Trinajstić information content (AvgIpc) is 2.54. The quantitative estimate of drug-likeness (QED) is 0.741. The molecule has 2 rings (SSSR count). The second-order valence-corrected chi connectivity index (χ2v) is 6.87. The number of ether oxygens (including phenoxy) is 1. The molecule has 140 valence electrons. The summed E-state index contributed by atoms with van der Waals surface area (Å²) in [7, 11) is 0. The lowest BCUT2D eigenvalue weighted by Gasteiger charge is -2.41. The van der Waals surface area contributed by atoms with Crippen molar-refractivity contribution in [2.45, 2.75) is 50.2 Å². The second-order valence-electron chi connectivity index (χ2n) is 6.87. The molecule has 8 heteroatoms. The summed E-state index contributed by atoms with van der Waals surface area (Å²) in [6, 6.07) is 0. The minimum absolute atomic E-state index is 0.0651. The summed E-state index contributed by atoms with van der Waals surface area (Å²) < 4.78 is 40.5. The first kappa shape index (κ1) is 19.5. The van der Waals surface area contributed by atoms with Crippen molar-refractivity contribution in [3.05, 3.63) is 0 Å². The van der Waals surface area contributed by atoms with Gasteiger partial charge in [-0.05, 0) is 19.3 Å². The van der Waals surface area contributed by atoms with Crippen LogP contribution in [-0.2, 0) is 9.53 Å². The Morgan fingerprint density at radius 3 is 2.29 bits per heavy atom. The minimum atomic E-state index is -4.26. The van der Waals surface area contributed by atoms with E-state index in [-0.39, 0.29) is 12.5 Å². The fourth-order valence-corrected chi connectivity index (χ4v) is 3.46. The van der Waals surface area contributed by atoms with Crippen LogP contribution in [0.3, 0.4) is 0 Å². The molecule has 24 heavy (non-hydrogen) atoms. The van der Waals surface area contributed by atoms with Crippen molar-refractivity contribution >= 4 is 5.91 Å². The van der Waals surface area contributed by atoms with Gasteiger partial charge in [-0.2, -0.15) is 13.2 Å². The topological polar surface area (TPSA) is 58.8 Å². The van der Waals surface area contributed by atoms with E-state index in [0.717, 1.165) is 45.2 Å². The predicted octanol–water partition coefficient (Wildman–Crippen LogP) is 1.76. The van der Waals surface area contributed by atoms with Crippen LogP contribution in [0.4, 0.5) is 13.2 Å². The molecule has 0 aromatic rings. The molecule has 1 amide bonds. The number of nitrogens with two attached hydrogens (primary N) is 1. The Bertz CT molecular complexity index is 404. The summed E-state index contributed by atoms with van der Waals surface area (Å²) in [6.07, 6.45) is 1.01. The van der Waals surface area contributed by atoms with Gasteiger partial charge in [0.1, 0.15) is 6.61 Å². The maximum absolute atomic E-state index is 12.6. The van der Waals surface area contributed by atoms with Crippen molar-refractivity contribution < 1.29 is 22.7 Å². The van der Waals surface area contributed by atoms with E-state index in [4.69, 9.17) is 5.73 Å². The van der Waals surface area contributed by atoms with Gasteiger partial charge >= 0.3 is 6.18 Å². The van der Waals surface area contributed by atoms with Gasteiger partial charge in [-0.3, -0.25) is 9.69 Å². The maximum Gasteiger partial charge on any atom is 0.411 e. The number of halogens is 3. The summed E-state index contributed by atoms with van der Waals surface area (Å²) in [4.78, 5) is 16.6. The van der Waals surface area contributed by atoms with Crippen LogP contribution >= 0.6 is 0 Å². The van der Waals surface area contributed by atoms with E-state index in [9.17, 15) is 18.0 Å². The zero-order valence-electron chi connectivity index (χ0n) is 14.1. The predicted molar refractivity (Wildman–Crippen MR) is 84.5 cm³/mol. The third-order valence-corrected chi connectivity index (χ3v) is 4.86. The van der Waals surface area contributed by atoms with E-state index in [2.05, 4.69) is 9.64 Å². The molecule has 2 N–H and O–H groups in total. The third-order valence-electron chi connectivity index (χ3n) is 4.86. The highest BCUT2D eigenvalue weighted by molar-refractivity contribution is 5.86. The van der Waals surface area contributed by atoms with Crippen molar-refractivity contribution in [2.75, 3.05) is 45.9 Å². The van der Waals surface area contributed by atoms with Crippen LogP contribution in [-0.4, -0.2) is 73.4 Å². The molecule has 0 bridgehead atoms. The first-order valence-electron chi connectivity index (χ1n) is 8.75. The summed E-state index contributed by atoms with van der Waals surface area (Å²) in [5.74, 6) is 0.0651. The molecule has 0 atom stereocenters. The van der Waals surface area contributed by atoms with Gasteiger partial charge in [-0.15, -0.1) is 0 Å². The number of alkyl halides is 3. The molecule has 0 aromatic heterocycles. The molecular formula is C16H28F3N3O2. The zero-order chi connectivity index (χ0) is 17.6. The average molecular weight is 351 g/mol. The van der Waals surface area contributed by atoms with Gasteiger partial charge in [0.2, 0.25) is 5.91 Å². The lowest BCUT2D eigenvalue weighted by atomic mass is 9.81. The highest BCUT2D eigenvalue weighted by Gasteiger charge is 2.39. The smallest absolute Gasteiger partial charge is 0.372 e. The van der Waals surface area contributed by atoms with Crippen LogP contribution in [0.2, 0.25) is 0 Å². The molecule has 0 radical (unpaired) electrons. The Labute approximate surface area is 141 Å². The number of hydrogen-bond donors (Lipinski definition) is 1. The lowest BCUT2D eigenvalue weighted by Crippen LogP contribution is -2.60. The third kappa shape index (κ3) is 5.89. The van der Waals surface area contributed by atoms with Crippen LogP contribution in [0.1, 0.15) is 38.5 Å². The van der Waals surface area contributed by atoms with Gasteiger partial charge in [0.15, 0.2) is 0 Å². The van der Waals surface area contributed by atoms with E-state index in [1.807, 2.05) is 4.90 Å². The maximum atomic E-state index is 12.6. The molecule has 1 aliphatic heterocycles. The van der Waals surface area contributed by atoms with Crippen LogP contribution in [0.15, 0.2) is 0 Å². The number of amides is 1. The largest absolute Gasteiger partial charge is 0.411 e. The molecule has 1 aliphatic carbocycles. The standard InChI is InChI=1S/C16H28F3N3O2/c17-16(18,19)13-24-12-4-7-21-8-10-22(11-9-21)14(23)15(20)5-2-1-3-6-15/h1-13,20H2. The SMILES string of the molecule is NC1(C(=O)N2CCN(CCCOCC(F)(F)F)CC2)CCCCC1. The summed E-state index contributed by atoms with van der Waals surface area (Å²) in [5.41, 5.74) is 5.61. The molecule has 2 fully saturated rings. The lowest BCUT2D eigenvalue weighted by molar-refractivity contribution is -0.174. The molecule has 1 heterocycles. The Morgan fingerprint density at radius 1 is 1.08 bits per heavy atom. The van der Waals surface area contributed by atoms with Crippen molar-refractivity contribution in [3.8, 4) is 0 Å². The first-order chi connectivity index (χ1) is 11.3. The summed E-state index contributed by atoms with van der Waals surface area (Å²) in [6.45, 7) is 2.36. The van der Waals surface area contributed by atoms with Crippen LogP contribution in [0.25, 0.3) is 0 Å². The number of piperazine rings is 1. The summed E-state index contributed by atoms with van der Waals surface area (Å²) in [5, 5.41) is 0. The molecule has 0 aromatic carbocycles. The Hall–Kier alpha value is -0.860. The number of rotatable bonds is 6. The van der Waals surface area contributed by atoms with Gasteiger partial charge in [0.05, 0.1) is 5.54 Å². The minimum Gasteiger partial charge on any atom is -0.372 e. The van der Waals surface area contributed by atoms with Crippen LogP contribution in [0, 0.1) is 0 Å². The molecule has 1 saturated carbocycles. The first-order valence-corrected chi connectivity index (χ1v) is 8.75. The van der Waals surface area contributed by atoms with Gasteiger partial charge in [-0.25, -0.2) is 0 Å². The molecule has 1 saturated heterocycles. The Kier molecular flexibility index (Phi) is 6.88. The highest BCUT2D eigenvalue weighted by Crippen LogP contribution is 2.28. The van der Waals surface area contributed by atoms with E-state index < -0.39 is 18.3 Å². The number of hydrogen-bond acceptors (Lipinski definition) is 4. The summed E-state index contributed by atoms with van der Waals surface area (Å²) >= 11 is 0. The van der Waals surface area contributed by atoms with E-state index in [1.54, 1.807) is 0 Å². The van der Waals surface area contributed by atoms with Gasteiger partial charge < -0.3 is 15.4 Å². The molecule has 0 unspecified atom stereocenters. The Morgan fingerprint density at radius 2 is 1.71 bits per heavy atom. The number of nitrogens with zero attached hydrogens (tertiary/aromatic N) is 2. The molecule has 2 aliphatic rings. The molecular weight excluding hydrogens is 323 g/mol. The van der Waals surface area contributed by atoms with Crippen LogP contribution < -0.4 is 5.73 Å². The number of carbonyl (C=O) groups excluding carboxylic acids is 1. The zero-order valence-corrected chi connectivity index (χ0v) is 14.1. The Balaban J connectivity index is 1.63. The van der Waals surface area contributed by atoms with Crippen molar-refractivity contribution in [1.82, 2.24) is 9.80 Å². The van der Waals surface area contributed by atoms with E-state index in [0.29, 0.717) is 26.1 Å². The van der Waals surface area contributed by atoms with Crippen molar-refractivity contribution in [1.29, 1.82) is 0 Å².